The number of aromatic nitrogens is 1. The summed E-state index contributed by atoms with van der Waals surface area (Å²) in [7, 11) is 0. The fourth-order valence-corrected chi connectivity index (χ4v) is 3.38. The van der Waals surface area contributed by atoms with Gasteiger partial charge in [-0.2, -0.15) is 4.73 Å². The number of hydrogen-bond donors (Lipinski definition) is 1. The number of hydrogen-bond acceptors (Lipinski definition) is 4. The minimum absolute atomic E-state index is 0.0123. The van der Waals surface area contributed by atoms with Crippen molar-refractivity contribution in [2.45, 2.75) is 0 Å². The van der Waals surface area contributed by atoms with Gasteiger partial charge >= 0.3 is 0 Å². The molecule has 0 bridgehead atoms. The topological polar surface area (TPSA) is 83.2 Å². The van der Waals surface area contributed by atoms with Crippen LogP contribution in [-0.2, 0) is 0 Å². The summed E-state index contributed by atoms with van der Waals surface area (Å²) in [6.07, 6.45) is 2.85. The third-order valence-corrected chi connectivity index (χ3v) is 4.77. The molecule has 2 aromatic carbocycles. The number of furan rings is 1. The fourth-order valence-electron chi connectivity index (χ4n) is 2.89. The van der Waals surface area contributed by atoms with Gasteiger partial charge < -0.3 is 15.4 Å². The van der Waals surface area contributed by atoms with Crippen LogP contribution in [0.25, 0.3) is 22.1 Å². The molecule has 0 radical (unpaired) electrons. The first-order chi connectivity index (χ1) is 12.9. The summed E-state index contributed by atoms with van der Waals surface area (Å²) < 4.78 is 6.46. The molecule has 0 aliphatic heterocycles. The van der Waals surface area contributed by atoms with E-state index in [0.29, 0.717) is 20.7 Å². The molecule has 0 saturated heterocycles. The average Bonchev–Trinajstić information content (AvgIpc) is 2.97. The largest absolute Gasteiger partial charge is 0.619 e. The number of nitrogens with two attached hydrogens (primary N) is 1. The second-order valence-electron chi connectivity index (χ2n) is 5.96. The molecule has 0 amide bonds. The molecule has 4 aromatic rings. The SMILES string of the molecule is Nc1c(C(=O)c2ccc(Cl)cc2Cl)oc2cc(-c3ccc[n+]([O-])c3)ccc12. The summed E-state index contributed by atoms with van der Waals surface area (Å²) in [4.78, 5) is 12.8. The van der Waals surface area contributed by atoms with Crippen LogP contribution in [0.15, 0.2) is 65.3 Å². The molecule has 2 N–H and O–H groups in total. The summed E-state index contributed by atoms with van der Waals surface area (Å²) >= 11 is 12.0. The van der Waals surface area contributed by atoms with Crippen LogP contribution in [0.2, 0.25) is 10.0 Å². The molecule has 0 atom stereocenters. The maximum atomic E-state index is 12.8. The number of halogens is 2. The number of nitrogens with zero attached hydrogens (tertiary/aromatic N) is 1. The minimum atomic E-state index is -0.427. The lowest BCUT2D eigenvalue weighted by molar-refractivity contribution is -0.604. The Morgan fingerprint density at radius 3 is 2.63 bits per heavy atom. The van der Waals surface area contributed by atoms with Crippen LogP contribution in [0.3, 0.4) is 0 Å². The van der Waals surface area contributed by atoms with Gasteiger partial charge in [0.25, 0.3) is 0 Å². The smallest absolute Gasteiger partial charge is 0.231 e. The van der Waals surface area contributed by atoms with E-state index in [1.54, 1.807) is 30.3 Å². The first-order valence-corrected chi connectivity index (χ1v) is 8.70. The van der Waals surface area contributed by atoms with E-state index in [1.807, 2.05) is 6.07 Å². The highest BCUT2D eigenvalue weighted by molar-refractivity contribution is 6.37. The standard InChI is InChI=1S/C20H12Cl2N2O3/c21-13-4-6-14(16(22)9-13)19(25)20-18(23)15-5-3-11(8-17(15)27-20)12-2-1-7-24(26)10-12/h1-10H,23H2. The van der Waals surface area contributed by atoms with Crippen LogP contribution in [0, 0.1) is 5.21 Å². The fraction of sp³-hybridized carbons (Fsp3) is 0. The van der Waals surface area contributed by atoms with Crippen molar-refractivity contribution in [3.05, 3.63) is 87.5 Å². The number of rotatable bonds is 3. The molecule has 4 rings (SSSR count). The summed E-state index contributed by atoms with van der Waals surface area (Å²) in [5.41, 5.74) is 8.55. The van der Waals surface area contributed by atoms with Crippen LogP contribution < -0.4 is 10.5 Å². The van der Waals surface area contributed by atoms with E-state index >= 15 is 0 Å². The van der Waals surface area contributed by atoms with Gasteiger partial charge in [0.1, 0.15) is 5.58 Å². The van der Waals surface area contributed by atoms with E-state index in [-0.39, 0.29) is 22.0 Å². The van der Waals surface area contributed by atoms with Crippen LogP contribution in [0.4, 0.5) is 5.69 Å². The van der Waals surface area contributed by atoms with Crippen molar-refractivity contribution in [3.8, 4) is 11.1 Å². The highest BCUT2D eigenvalue weighted by Gasteiger charge is 2.22. The van der Waals surface area contributed by atoms with Crippen molar-refractivity contribution in [2.75, 3.05) is 5.73 Å². The van der Waals surface area contributed by atoms with Crippen molar-refractivity contribution < 1.29 is 13.9 Å². The Balaban J connectivity index is 1.81. The van der Waals surface area contributed by atoms with E-state index in [2.05, 4.69) is 0 Å². The first kappa shape index (κ1) is 17.4. The van der Waals surface area contributed by atoms with Gasteiger partial charge in [-0.05, 0) is 42.0 Å². The van der Waals surface area contributed by atoms with Gasteiger partial charge in [0.2, 0.25) is 5.78 Å². The van der Waals surface area contributed by atoms with Crippen LogP contribution in [-0.4, -0.2) is 5.78 Å². The van der Waals surface area contributed by atoms with Gasteiger partial charge in [0, 0.05) is 27.6 Å². The number of fused-ring (bicyclic) bond motifs is 1. The van der Waals surface area contributed by atoms with Crippen molar-refractivity contribution in [1.82, 2.24) is 0 Å². The van der Waals surface area contributed by atoms with Gasteiger partial charge in [-0.25, -0.2) is 0 Å². The monoisotopic (exact) mass is 398 g/mol. The number of nitrogen functional groups attached to an aromatic ring is 1. The number of carbonyl (C=O) groups excluding carboxylic acids is 1. The second-order valence-corrected chi connectivity index (χ2v) is 6.81. The van der Waals surface area contributed by atoms with E-state index in [9.17, 15) is 10.0 Å². The Kier molecular flexibility index (Phi) is 4.26. The molecule has 0 fully saturated rings. The van der Waals surface area contributed by atoms with Gasteiger partial charge in [-0.15, -0.1) is 0 Å². The first-order valence-electron chi connectivity index (χ1n) is 7.95. The Labute approximate surface area is 164 Å². The molecule has 0 unspecified atom stereocenters. The molecule has 2 heterocycles. The van der Waals surface area contributed by atoms with Crippen molar-refractivity contribution in [1.29, 1.82) is 0 Å². The molecule has 2 aromatic heterocycles. The lowest BCUT2D eigenvalue weighted by Crippen LogP contribution is -2.23. The second kappa shape index (κ2) is 6.61. The summed E-state index contributed by atoms with van der Waals surface area (Å²) in [6.45, 7) is 0. The van der Waals surface area contributed by atoms with Gasteiger partial charge in [0.15, 0.2) is 18.2 Å². The quantitative estimate of drug-likeness (QED) is 0.303. The Morgan fingerprint density at radius 2 is 1.89 bits per heavy atom. The van der Waals surface area contributed by atoms with Crippen molar-refractivity contribution in [2.24, 2.45) is 0 Å². The normalized spacial score (nSPS) is 11.0. The lowest BCUT2D eigenvalue weighted by atomic mass is 10.0. The van der Waals surface area contributed by atoms with Crippen molar-refractivity contribution in [3.63, 3.8) is 0 Å². The third kappa shape index (κ3) is 3.12. The summed E-state index contributed by atoms with van der Waals surface area (Å²) in [6, 6.07) is 13.4. The molecule has 0 aliphatic carbocycles. The predicted octanol–water partition coefficient (Wildman–Crippen LogP) is 4.85. The summed E-state index contributed by atoms with van der Waals surface area (Å²) in [5.74, 6) is -0.414. The van der Waals surface area contributed by atoms with E-state index in [0.717, 1.165) is 11.1 Å². The van der Waals surface area contributed by atoms with Gasteiger partial charge in [0.05, 0.1) is 10.7 Å². The van der Waals surface area contributed by atoms with Crippen LogP contribution in [0.5, 0.6) is 0 Å². The maximum absolute atomic E-state index is 12.8. The highest BCUT2D eigenvalue weighted by Crippen LogP contribution is 2.34. The molecule has 7 heteroatoms. The van der Waals surface area contributed by atoms with E-state index in [1.165, 1.54) is 24.5 Å². The third-order valence-electron chi connectivity index (χ3n) is 4.22. The zero-order chi connectivity index (χ0) is 19.1. The van der Waals surface area contributed by atoms with E-state index < -0.39 is 5.78 Å². The molecular weight excluding hydrogens is 387 g/mol. The zero-order valence-corrected chi connectivity index (χ0v) is 15.3. The van der Waals surface area contributed by atoms with Crippen LogP contribution in [0.1, 0.15) is 16.1 Å². The van der Waals surface area contributed by atoms with E-state index in [4.69, 9.17) is 33.4 Å². The molecule has 0 aliphatic rings. The maximum Gasteiger partial charge on any atom is 0.231 e. The van der Waals surface area contributed by atoms with Crippen LogP contribution >= 0.6 is 23.2 Å². The Morgan fingerprint density at radius 1 is 1.07 bits per heavy atom. The van der Waals surface area contributed by atoms with Crippen molar-refractivity contribution >= 4 is 45.6 Å². The number of benzene rings is 2. The molecule has 0 spiro atoms. The number of ketones is 1. The average molecular weight is 399 g/mol. The predicted molar refractivity (Wildman–Crippen MR) is 105 cm³/mol. The summed E-state index contributed by atoms with van der Waals surface area (Å²) in [5, 5.41) is 12.8. The van der Waals surface area contributed by atoms with Gasteiger partial charge in [-0.1, -0.05) is 29.3 Å². The minimum Gasteiger partial charge on any atom is -0.619 e. The number of anilines is 1. The molecule has 27 heavy (non-hydrogen) atoms. The number of carbonyl (C=O) groups is 1. The zero-order valence-electron chi connectivity index (χ0n) is 13.8. The highest BCUT2D eigenvalue weighted by atomic mass is 35.5. The number of pyridine rings is 1. The molecule has 5 nitrogen and oxygen atoms in total. The van der Waals surface area contributed by atoms with Gasteiger partial charge in [-0.3, -0.25) is 4.79 Å². The molecule has 134 valence electrons. The Bertz CT molecular complexity index is 1200. The lowest BCUT2D eigenvalue weighted by Gasteiger charge is -2.02. The molecular formula is C20H12Cl2N2O3. The Hall–Kier alpha value is -3.02. The molecule has 0 saturated carbocycles.